The van der Waals surface area contributed by atoms with Gasteiger partial charge in [0.25, 0.3) is 0 Å². The fourth-order valence-electron chi connectivity index (χ4n) is 2.46. The van der Waals surface area contributed by atoms with E-state index < -0.39 is 0 Å². The van der Waals surface area contributed by atoms with E-state index in [4.69, 9.17) is 11.6 Å². The number of halogens is 2. The Morgan fingerprint density at radius 3 is 2.65 bits per heavy atom. The molecule has 1 aromatic rings. The molecule has 1 fully saturated rings. The summed E-state index contributed by atoms with van der Waals surface area (Å²) in [6.45, 7) is 4.05. The van der Waals surface area contributed by atoms with Crippen LogP contribution in [0.4, 0.5) is 0 Å². The number of rotatable bonds is 4. The molecule has 0 aliphatic carbocycles. The highest BCUT2D eigenvalue weighted by Crippen LogP contribution is 2.23. The number of carbonyl (C=O) groups excluding carboxylic acids is 1. The molecule has 1 aliphatic rings. The molecule has 112 valence electrons. The van der Waals surface area contributed by atoms with Gasteiger partial charge in [0.05, 0.1) is 6.04 Å². The van der Waals surface area contributed by atoms with Crippen molar-refractivity contribution in [3.05, 3.63) is 34.9 Å². The second kappa shape index (κ2) is 7.87. The maximum Gasteiger partial charge on any atom is 0.223 e. The molecule has 1 aromatic carbocycles. The summed E-state index contributed by atoms with van der Waals surface area (Å²) < 4.78 is 0. The van der Waals surface area contributed by atoms with Gasteiger partial charge < -0.3 is 10.2 Å². The molecule has 20 heavy (non-hydrogen) atoms. The number of hydrogen-bond acceptors (Lipinski definition) is 2. The van der Waals surface area contributed by atoms with Gasteiger partial charge in [-0.2, -0.15) is 0 Å². The van der Waals surface area contributed by atoms with Crippen molar-refractivity contribution in [2.45, 2.75) is 25.8 Å². The van der Waals surface area contributed by atoms with Gasteiger partial charge in [-0.25, -0.2) is 0 Å². The highest BCUT2D eigenvalue weighted by molar-refractivity contribution is 6.30. The third-order valence-electron chi connectivity index (χ3n) is 3.95. The van der Waals surface area contributed by atoms with Crippen molar-refractivity contribution in [2.75, 3.05) is 20.1 Å². The number of nitrogens with one attached hydrogen (secondary N) is 1. The van der Waals surface area contributed by atoms with Crippen LogP contribution in [-0.2, 0) is 4.79 Å². The van der Waals surface area contributed by atoms with Gasteiger partial charge in [-0.1, -0.05) is 23.7 Å². The second-order valence-electron chi connectivity index (χ2n) is 5.30. The minimum Gasteiger partial charge on any atom is -0.339 e. The average molecular weight is 317 g/mol. The molecule has 1 amide bonds. The lowest BCUT2D eigenvalue weighted by Gasteiger charge is -2.26. The van der Waals surface area contributed by atoms with Crippen LogP contribution in [0.1, 0.15) is 31.4 Å². The van der Waals surface area contributed by atoms with Crippen LogP contribution in [0.2, 0.25) is 5.02 Å². The highest BCUT2D eigenvalue weighted by atomic mass is 35.5. The Morgan fingerprint density at radius 2 is 2.10 bits per heavy atom. The van der Waals surface area contributed by atoms with E-state index in [1.807, 2.05) is 43.1 Å². The first-order valence-electron chi connectivity index (χ1n) is 6.79. The largest absolute Gasteiger partial charge is 0.339 e. The van der Waals surface area contributed by atoms with E-state index in [0.717, 1.165) is 30.1 Å². The fourth-order valence-corrected chi connectivity index (χ4v) is 2.59. The predicted octanol–water partition coefficient (Wildman–Crippen LogP) is 3.28. The lowest BCUT2D eigenvalue weighted by atomic mass is 10.0. The molecule has 0 spiro atoms. The zero-order valence-electron chi connectivity index (χ0n) is 11.9. The van der Waals surface area contributed by atoms with Gasteiger partial charge in [0, 0.05) is 18.5 Å². The summed E-state index contributed by atoms with van der Waals surface area (Å²) in [6.07, 6.45) is 1.75. The Labute approximate surface area is 132 Å². The van der Waals surface area contributed by atoms with Gasteiger partial charge in [-0.05, 0) is 50.0 Å². The lowest BCUT2D eigenvalue weighted by molar-refractivity contribution is -0.132. The SMILES string of the molecule is CC(c1ccc(Cl)cc1)N(C)C(=O)CC1CCNC1.Cl. The summed E-state index contributed by atoms with van der Waals surface area (Å²) in [5.41, 5.74) is 1.12. The van der Waals surface area contributed by atoms with Crippen LogP contribution in [-0.4, -0.2) is 30.9 Å². The maximum absolute atomic E-state index is 12.3. The van der Waals surface area contributed by atoms with E-state index in [0.29, 0.717) is 12.3 Å². The summed E-state index contributed by atoms with van der Waals surface area (Å²) in [7, 11) is 1.88. The van der Waals surface area contributed by atoms with Crippen LogP contribution in [0.5, 0.6) is 0 Å². The Kier molecular flexibility index (Phi) is 6.80. The maximum atomic E-state index is 12.3. The zero-order valence-corrected chi connectivity index (χ0v) is 13.5. The summed E-state index contributed by atoms with van der Waals surface area (Å²) in [5, 5.41) is 4.02. The summed E-state index contributed by atoms with van der Waals surface area (Å²) in [4.78, 5) is 14.1. The molecule has 1 N–H and O–H groups in total. The summed E-state index contributed by atoms with van der Waals surface area (Å²) in [6, 6.07) is 7.78. The van der Waals surface area contributed by atoms with Gasteiger partial charge in [0.1, 0.15) is 0 Å². The lowest BCUT2D eigenvalue weighted by Crippen LogP contribution is -2.31. The molecule has 0 radical (unpaired) electrons. The quantitative estimate of drug-likeness (QED) is 0.924. The number of carbonyl (C=O) groups is 1. The molecule has 1 saturated heterocycles. The number of hydrogen-bond donors (Lipinski definition) is 1. The first-order chi connectivity index (χ1) is 9.08. The molecule has 1 heterocycles. The minimum atomic E-state index is 0. The van der Waals surface area contributed by atoms with Gasteiger partial charge in [-0.3, -0.25) is 4.79 Å². The third kappa shape index (κ3) is 4.37. The zero-order chi connectivity index (χ0) is 13.8. The third-order valence-corrected chi connectivity index (χ3v) is 4.20. The number of amides is 1. The molecule has 1 aliphatic heterocycles. The van der Waals surface area contributed by atoms with E-state index in [2.05, 4.69) is 5.32 Å². The van der Waals surface area contributed by atoms with Crippen LogP contribution in [0.25, 0.3) is 0 Å². The molecule has 2 rings (SSSR count). The Bertz CT molecular complexity index is 430. The van der Waals surface area contributed by atoms with E-state index in [1.165, 1.54) is 0 Å². The van der Waals surface area contributed by atoms with Crippen molar-refractivity contribution in [1.82, 2.24) is 10.2 Å². The molecule has 0 bridgehead atoms. The van der Waals surface area contributed by atoms with Crippen LogP contribution in [0.15, 0.2) is 24.3 Å². The monoisotopic (exact) mass is 316 g/mol. The predicted molar refractivity (Wildman–Crippen MR) is 85.5 cm³/mol. The molecule has 0 aromatic heterocycles. The van der Waals surface area contributed by atoms with Crippen LogP contribution < -0.4 is 5.32 Å². The van der Waals surface area contributed by atoms with Crippen LogP contribution in [0, 0.1) is 5.92 Å². The van der Waals surface area contributed by atoms with Crippen molar-refractivity contribution < 1.29 is 4.79 Å². The second-order valence-corrected chi connectivity index (χ2v) is 5.73. The molecule has 2 unspecified atom stereocenters. The van der Waals surface area contributed by atoms with E-state index in [1.54, 1.807) is 0 Å². The molecular formula is C15H22Cl2N2O. The normalized spacial score (nSPS) is 19.2. The molecule has 3 nitrogen and oxygen atoms in total. The van der Waals surface area contributed by atoms with Crippen molar-refractivity contribution in [3.63, 3.8) is 0 Å². The molecular weight excluding hydrogens is 295 g/mol. The summed E-state index contributed by atoms with van der Waals surface area (Å²) in [5.74, 6) is 0.712. The number of benzene rings is 1. The topological polar surface area (TPSA) is 32.3 Å². The smallest absolute Gasteiger partial charge is 0.223 e. The van der Waals surface area contributed by atoms with Crippen molar-refractivity contribution in [2.24, 2.45) is 5.92 Å². The van der Waals surface area contributed by atoms with Crippen molar-refractivity contribution in [3.8, 4) is 0 Å². The first-order valence-corrected chi connectivity index (χ1v) is 7.17. The minimum absolute atomic E-state index is 0. The molecule has 5 heteroatoms. The van der Waals surface area contributed by atoms with Crippen LogP contribution in [0.3, 0.4) is 0 Å². The van der Waals surface area contributed by atoms with E-state index in [-0.39, 0.29) is 24.4 Å². The molecule has 2 atom stereocenters. The standard InChI is InChI=1S/C15H21ClN2O.ClH/c1-11(13-3-5-14(16)6-4-13)18(2)15(19)9-12-7-8-17-10-12;/h3-6,11-12,17H,7-10H2,1-2H3;1H. The van der Waals surface area contributed by atoms with Gasteiger partial charge in [-0.15, -0.1) is 12.4 Å². The summed E-state index contributed by atoms with van der Waals surface area (Å²) >= 11 is 5.88. The van der Waals surface area contributed by atoms with Gasteiger partial charge in [0.15, 0.2) is 0 Å². The van der Waals surface area contributed by atoms with Gasteiger partial charge in [0.2, 0.25) is 5.91 Å². The Balaban J connectivity index is 0.00000200. The van der Waals surface area contributed by atoms with E-state index in [9.17, 15) is 4.79 Å². The Morgan fingerprint density at radius 1 is 1.45 bits per heavy atom. The average Bonchev–Trinajstić information content (AvgIpc) is 2.90. The first kappa shape index (κ1) is 17.3. The highest BCUT2D eigenvalue weighted by Gasteiger charge is 2.23. The Hall–Kier alpha value is -0.770. The fraction of sp³-hybridized carbons (Fsp3) is 0.533. The number of nitrogens with zero attached hydrogens (tertiary/aromatic N) is 1. The van der Waals surface area contributed by atoms with Crippen molar-refractivity contribution in [1.29, 1.82) is 0 Å². The van der Waals surface area contributed by atoms with E-state index >= 15 is 0 Å². The van der Waals surface area contributed by atoms with Crippen LogP contribution >= 0.6 is 24.0 Å². The van der Waals surface area contributed by atoms with Gasteiger partial charge >= 0.3 is 0 Å². The van der Waals surface area contributed by atoms with Crippen molar-refractivity contribution >= 4 is 29.9 Å². The molecule has 0 saturated carbocycles.